The van der Waals surface area contributed by atoms with E-state index in [-0.39, 0.29) is 25.2 Å². The monoisotopic (exact) mass is 935 g/mol. The molecule has 1 atom stereocenters. The van der Waals surface area contributed by atoms with E-state index in [4.69, 9.17) is 9.47 Å². The van der Waals surface area contributed by atoms with E-state index in [1.165, 1.54) is 38.5 Å². The lowest BCUT2D eigenvalue weighted by atomic mass is 10.1. The molecule has 0 aliphatic heterocycles. The van der Waals surface area contributed by atoms with E-state index in [9.17, 15) is 14.7 Å². The minimum atomic E-state index is -0.794. The normalized spacial score (nSPS) is 13.5. The SMILES string of the molecule is CC/C=C\C/C=C\C/C=C\C/C=C\C/C=C\C/C=C\C/C=C\C/C=C\C/C=C\C/C=C\C/C=C\CCCCCCCCCC(=O)OC(CO)COC(=O)CCCCCCC/C=C\C/C=C\CCC. The van der Waals surface area contributed by atoms with Crippen molar-refractivity contribution >= 4 is 11.9 Å². The molecule has 0 heterocycles. The Morgan fingerprint density at radius 3 is 0.956 bits per heavy atom. The second-order valence-electron chi connectivity index (χ2n) is 17.2. The van der Waals surface area contributed by atoms with Gasteiger partial charge in [0.2, 0.25) is 0 Å². The Morgan fingerprint density at radius 2 is 0.632 bits per heavy atom. The lowest BCUT2D eigenvalue weighted by Gasteiger charge is -2.15. The summed E-state index contributed by atoms with van der Waals surface area (Å²) in [6.07, 6.45) is 87.8. The van der Waals surface area contributed by atoms with Gasteiger partial charge in [0.25, 0.3) is 0 Å². The van der Waals surface area contributed by atoms with Gasteiger partial charge in [0, 0.05) is 12.8 Å². The van der Waals surface area contributed by atoms with Crippen molar-refractivity contribution in [1.82, 2.24) is 0 Å². The Bertz CT molecular complexity index is 1520. The molecule has 0 saturated carbocycles. The Labute approximate surface area is 418 Å². The topological polar surface area (TPSA) is 72.8 Å². The highest BCUT2D eigenvalue weighted by atomic mass is 16.6. The first kappa shape index (κ1) is 63.5. The molecule has 5 heteroatoms. The van der Waals surface area contributed by atoms with Crippen molar-refractivity contribution in [3.63, 3.8) is 0 Å². The quantitative estimate of drug-likeness (QED) is 0.0374. The summed E-state index contributed by atoms with van der Waals surface area (Å²) in [4.78, 5) is 24.4. The average Bonchev–Trinajstić information content (AvgIpc) is 3.34. The van der Waals surface area contributed by atoms with Crippen molar-refractivity contribution < 1.29 is 24.2 Å². The van der Waals surface area contributed by atoms with Crippen LogP contribution >= 0.6 is 0 Å². The van der Waals surface area contributed by atoms with E-state index in [1.807, 2.05) is 0 Å². The minimum absolute atomic E-state index is 0.0870. The largest absolute Gasteiger partial charge is 0.462 e. The molecule has 0 aromatic carbocycles. The highest BCUT2D eigenvalue weighted by molar-refractivity contribution is 5.70. The standard InChI is InChI=1S/C63H98O5/c1-3-5-7-9-11-13-15-17-18-19-20-21-22-23-24-25-26-27-28-29-30-31-32-33-34-35-36-37-38-39-40-41-42-43-44-46-48-50-52-54-56-58-63(66)68-61(59-64)60-67-62(65)57-55-53-51-49-47-45-16-14-12-10-8-6-4-2/h5,7-8,10-11,13-14,16-18,20-21,23-24,26-27,29-30,32-33,35-36,38-39,41-42,61,64H,3-4,6,9,12,15,19,22,25,28,31,34,37,40,43-60H2,1-2H3/b7-5-,10-8-,13-11-,16-14-,18-17-,21-20-,24-23-,27-26-,30-29-,33-32-,36-35-,39-38-,42-41-. The van der Waals surface area contributed by atoms with Gasteiger partial charge in [-0.15, -0.1) is 0 Å². The molecule has 0 rings (SSSR count). The van der Waals surface area contributed by atoms with Gasteiger partial charge in [-0.3, -0.25) is 9.59 Å². The number of carbonyl (C=O) groups excluding carboxylic acids is 2. The van der Waals surface area contributed by atoms with Crippen molar-refractivity contribution in [2.24, 2.45) is 0 Å². The minimum Gasteiger partial charge on any atom is -0.462 e. The molecule has 68 heavy (non-hydrogen) atoms. The Kier molecular flexibility index (Phi) is 53.1. The van der Waals surface area contributed by atoms with Crippen molar-refractivity contribution in [2.75, 3.05) is 13.2 Å². The zero-order chi connectivity index (χ0) is 49.2. The number of ether oxygens (including phenoxy) is 2. The summed E-state index contributed by atoms with van der Waals surface area (Å²) in [5.41, 5.74) is 0. The molecule has 0 aromatic rings. The van der Waals surface area contributed by atoms with Crippen LogP contribution in [0.5, 0.6) is 0 Å². The fourth-order valence-corrected chi connectivity index (χ4v) is 6.77. The third-order valence-electron chi connectivity index (χ3n) is 10.8. The van der Waals surface area contributed by atoms with Crippen LogP contribution in [0.3, 0.4) is 0 Å². The zero-order valence-electron chi connectivity index (χ0n) is 43.3. The van der Waals surface area contributed by atoms with Gasteiger partial charge in [-0.25, -0.2) is 0 Å². The van der Waals surface area contributed by atoms with Crippen molar-refractivity contribution in [3.8, 4) is 0 Å². The number of allylic oxidation sites excluding steroid dienone is 26. The van der Waals surface area contributed by atoms with Gasteiger partial charge in [-0.05, 0) is 122 Å². The molecule has 0 aromatic heterocycles. The predicted molar refractivity (Wildman–Crippen MR) is 297 cm³/mol. The molecular weight excluding hydrogens is 837 g/mol. The Hall–Kier alpha value is -4.48. The van der Waals surface area contributed by atoms with Gasteiger partial charge < -0.3 is 14.6 Å². The van der Waals surface area contributed by atoms with E-state index in [0.717, 1.165) is 141 Å². The van der Waals surface area contributed by atoms with E-state index >= 15 is 0 Å². The molecule has 1 N–H and O–H groups in total. The molecule has 0 spiro atoms. The summed E-state index contributed by atoms with van der Waals surface area (Å²) in [6, 6.07) is 0. The van der Waals surface area contributed by atoms with Gasteiger partial charge in [0.1, 0.15) is 6.61 Å². The van der Waals surface area contributed by atoms with Gasteiger partial charge >= 0.3 is 11.9 Å². The molecule has 0 amide bonds. The van der Waals surface area contributed by atoms with E-state index in [2.05, 4.69) is 172 Å². The summed E-state index contributed by atoms with van der Waals surface area (Å²) in [6.45, 7) is 3.92. The van der Waals surface area contributed by atoms with Crippen LogP contribution in [0.2, 0.25) is 0 Å². The van der Waals surface area contributed by atoms with Crippen LogP contribution in [-0.2, 0) is 19.1 Å². The number of hydrogen-bond acceptors (Lipinski definition) is 5. The summed E-state index contributed by atoms with van der Waals surface area (Å²) in [7, 11) is 0. The van der Waals surface area contributed by atoms with Crippen LogP contribution in [0.4, 0.5) is 0 Å². The van der Waals surface area contributed by atoms with Crippen LogP contribution in [0, 0.1) is 0 Å². The fraction of sp³-hybridized carbons (Fsp3) is 0.556. The predicted octanol–water partition coefficient (Wildman–Crippen LogP) is 18.4. The second kappa shape index (κ2) is 56.8. The molecule has 0 aliphatic rings. The van der Waals surface area contributed by atoms with Crippen molar-refractivity contribution in [2.45, 2.75) is 213 Å². The first-order valence-corrected chi connectivity index (χ1v) is 27.0. The number of hydrogen-bond donors (Lipinski definition) is 1. The lowest BCUT2D eigenvalue weighted by Crippen LogP contribution is -2.28. The second-order valence-corrected chi connectivity index (χ2v) is 17.2. The third kappa shape index (κ3) is 54.1. The Balaban J connectivity index is 3.65. The number of esters is 2. The first-order valence-electron chi connectivity index (χ1n) is 27.0. The van der Waals surface area contributed by atoms with Crippen LogP contribution in [-0.4, -0.2) is 36.4 Å². The highest BCUT2D eigenvalue weighted by Crippen LogP contribution is 2.12. The van der Waals surface area contributed by atoms with Gasteiger partial charge in [-0.2, -0.15) is 0 Å². The molecule has 0 saturated heterocycles. The van der Waals surface area contributed by atoms with Crippen LogP contribution in [0.15, 0.2) is 158 Å². The van der Waals surface area contributed by atoms with Crippen LogP contribution in [0.25, 0.3) is 0 Å². The van der Waals surface area contributed by atoms with E-state index in [0.29, 0.717) is 12.8 Å². The Morgan fingerprint density at radius 1 is 0.353 bits per heavy atom. The molecule has 1 unspecified atom stereocenters. The number of carbonyl (C=O) groups is 2. The molecule has 0 bridgehead atoms. The maximum atomic E-state index is 12.3. The molecule has 5 nitrogen and oxygen atoms in total. The fourth-order valence-electron chi connectivity index (χ4n) is 6.77. The molecular formula is C63H98O5. The number of unbranched alkanes of at least 4 members (excludes halogenated alkanes) is 13. The highest BCUT2D eigenvalue weighted by Gasteiger charge is 2.16. The van der Waals surface area contributed by atoms with Gasteiger partial charge in [-0.1, -0.05) is 230 Å². The molecule has 380 valence electrons. The maximum absolute atomic E-state index is 12.3. The summed E-state index contributed by atoms with van der Waals surface area (Å²) in [5, 5.41) is 9.61. The van der Waals surface area contributed by atoms with E-state index < -0.39 is 6.10 Å². The summed E-state index contributed by atoms with van der Waals surface area (Å²) >= 11 is 0. The molecule has 0 aliphatic carbocycles. The number of rotatable bonds is 47. The third-order valence-corrected chi connectivity index (χ3v) is 10.8. The van der Waals surface area contributed by atoms with Crippen LogP contribution in [0.1, 0.15) is 206 Å². The lowest BCUT2D eigenvalue weighted by molar-refractivity contribution is -0.161. The first-order chi connectivity index (χ1) is 33.6. The number of aliphatic hydroxyl groups is 1. The van der Waals surface area contributed by atoms with Crippen molar-refractivity contribution in [1.29, 1.82) is 0 Å². The van der Waals surface area contributed by atoms with Crippen molar-refractivity contribution in [3.05, 3.63) is 158 Å². The zero-order valence-corrected chi connectivity index (χ0v) is 43.3. The van der Waals surface area contributed by atoms with Gasteiger partial charge in [0.05, 0.1) is 6.61 Å². The average molecular weight is 935 g/mol. The van der Waals surface area contributed by atoms with E-state index in [1.54, 1.807) is 0 Å². The number of aliphatic hydroxyl groups excluding tert-OH is 1. The summed E-state index contributed by atoms with van der Waals surface area (Å²) < 4.78 is 10.6. The van der Waals surface area contributed by atoms with Crippen LogP contribution < -0.4 is 0 Å². The molecule has 0 radical (unpaired) electrons. The smallest absolute Gasteiger partial charge is 0.306 e. The van der Waals surface area contributed by atoms with Gasteiger partial charge in [0.15, 0.2) is 6.10 Å². The molecule has 0 fully saturated rings. The maximum Gasteiger partial charge on any atom is 0.306 e. The summed E-state index contributed by atoms with van der Waals surface area (Å²) in [5.74, 6) is -0.633.